The normalized spacial score (nSPS) is 12.3. The third-order valence-electron chi connectivity index (χ3n) is 6.73. The maximum absolute atomic E-state index is 11.5. The number of carboxylic acid groups (broad SMARTS) is 2. The van der Waals surface area contributed by atoms with E-state index in [1.807, 2.05) is 0 Å². The molecule has 0 aromatic rings. The summed E-state index contributed by atoms with van der Waals surface area (Å²) in [6.07, 6.45) is 23.6. The lowest BCUT2D eigenvalue weighted by atomic mass is 10.0. The molecule has 0 bridgehead atoms. The number of hydrogen-bond donors (Lipinski definition) is 2. The molecule has 0 saturated carbocycles. The molecule has 33 heavy (non-hydrogen) atoms. The average molecular weight is 470 g/mol. The van der Waals surface area contributed by atoms with Gasteiger partial charge in [0.1, 0.15) is 0 Å². The monoisotopic (exact) mass is 469 g/mol. The molecule has 0 rings (SSSR count). The summed E-state index contributed by atoms with van der Waals surface area (Å²) < 4.78 is 0. The first kappa shape index (κ1) is 31.9. The molecule has 0 heterocycles. The predicted octanol–water partition coefficient (Wildman–Crippen LogP) is 8.06. The molecule has 0 aromatic carbocycles. The third kappa shape index (κ3) is 22.5. The van der Waals surface area contributed by atoms with Crippen LogP contribution in [0, 0.1) is 0 Å². The largest absolute Gasteiger partial charge is 0.481 e. The Morgan fingerprint density at radius 1 is 0.576 bits per heavy atom. The standard InChI is InChI=1S/C28H55NO4/c1-3-5-7-9-11-13-14-16-18-20-23-29(24-22-27(30)31)26(25-28(32)33)21-19-17-15-12-10-8-6-4-2/h26H,3-25H2,1-2H3,(H,30,31)(H,32,33)/t26-/m1/s1. The van der Waals surface area contributed by atoms with E-state index in [2.05, 4.69) is 18.7 Å². The van der Waals surface area contributed by atoms with Crippen LogP contribution in [0.5, 0.6) is 0 Å². The number of rotatable bonds is 26. The van der Waals surface area contributed by atoms with Gasteiger partial charge in [0.2, 0.25) is 0 Å². The highest BCUT2D eigenvalue weighted by Crippen LogP contribution is 2.18. The highest BCUT2D eigenvalue weighted by Gasteiger charge is 2.21. The van der Waals surface area contributed by atoms with Gasteiger partial charge in [-0.2, -0.15) is 0 Å². The van der Waals surface area contributed by atoms with Crippen LogP contribution in [0.3, 0.4) is 0 Å². The molecule has 0 amide bonds. The summed E-state index contributed by atoms with van der Waals surface area (Å²) >= 11 is 0. The highest BCUT2D eigenvalue weighted by atomic mass is 16.4. The van der Waals surface area contributed by atoms with Gasteiger partial charge in [0.25, 0.3) is 0 Å². The van der Waals surface area contributed by atoms with Crippen LogP contribution in [0.2, 0.25) is 0 Å². The van der Waals surface area contributed by atoms with E-state index in [4.69, 9.17) is 5.11 Å². The average Bonchev–Trinajstić information content (AvgIpc) is 2.77. The van der Waals surface area contributed by atoms with Crippen molar-refractivity contribution in [3.05, 3.63) is 0 Å². The minimum absolute atomic E-state index is 0.0412. The van der Waals surface area contributed by atoms with Gasteiger partial charge >= 0.3 is 11.9 Å². The van der Waals surface area contributed by atoms with E-state index < -0.39 is 11.9 Å². The fourth-order valence-corrected chi connectivity index (χ4v) is 4.65. The Bertz CT molecular complexity index is 455. The van der Waals surface area contributed by atoms with Crippen molar-refractivity contribution in [1.29, 1.82) is 0 Å². The van der Waals surface area contributed by atoms with Crippen molar-refractivity contribution in [3.63, 3.8) is 0 Å². The molecule has 0 aliphatic carbocycles. The number of unbranched alkanes of at least 4 members (excludes halogenated alkanes) is 16. The van der Waals surface area contributed by atoms with Gasteiger partial charge in [-0.05, 0) is 19.4 Å². The molecule has 0 fully saturated rings. The summed E-state index contributed by atoms with van der Waals surface area (Å²) in [6, 6.07) is -0.0412. The topological polar surface area (TPSA) is 77.8 Å². The first-order valence-corrected chi connectivity index (χ1v) is 14.2. The van der Waals surface area contributed by atoms with Gasteiger partial charge in [0.15, 0.2) is 0 Å². The van der Waals surface area contributed by atoms with Crippen LogP contribution in [0.4, 0.5) is 0 Å². The first-order chi connectivity index (χ1) is 16.0. The molecular formula is C28H55NO4. The Morgan fingerprint density at radius 2 is 1.00 bits per heavy atom. The molecular weight excluding hydrogens is 414 g/mol. The molecule has 2 N–H and O–H groups in total. The fourth-order valence-electron chi connectivity index (χ4n) is 4.65. The van der Waals surface area contributed by atoms with Crippen molar-refractivity contribution in [2.45, 2.75) is 155 Å². The smallest absolute Gasteiger partial charge is 0.304 e. The number of nitrogens with zero attached hydrogens (tertiary/aromatic N) is 1. The molecule has 0 aliphatic heterocycles. The van der Waals surface area contributed by atoms with Crippen molar-refractivity contribution in [2.75, 3.05) is 13.1 Å². The second-order valence-corrected chi connectivity index (χ2v) is 9.88. The van der Waals surface area contributed by atoms with E-state index in [-0.39, 0.29) is 18.9 Å². The zero-order chi connectivity index (χ0) is 24.6. The Hall–Kier alpha value is -1.10. The maximum atomic E-state index is 11.5. The van der Waals surface area contributed by atoms with Crippen LogP contribution >= 0.6 is 0 Å². The number of aliphatic carboxylic acids is 2. The van der Waals surface area contributed by atoms with Crippen molar-refractivity contribution in [1.82, 2.24) is 4.90 Å². The lowest BCUT2D eigenvalue weighted by Crippen LogP contribution is -2.39. The SMILES string of the molecule is CCCCCCCCCCCCN(CCC(=O)O)[C@H](CCCCCCCCCC)CC(=O)O. The lowest BCUT2D eigenvalue weighted by molar-refractivity contribution is -0.138. The van der Waals surface area contributed by atoms with Gasteiger partial charge in [-0.3, -0.25) is 14.5 Å². The highest BCUT2D eigenvalue weighted by molar-refractivity contribution is 5.68. The summed E-state index contributed by atoms with van der Waals surface area (Å²) in [4.78, 5) is 24.8. The molecule has 5 nitrogen and oxygen atoms in total. The van der Waals surface area contributed by atoms with Crippen LogP contribution < -0.4 is 0 Å². The molecule has 196 valence electrons. The molecule has 0 unspecified atom stereocenters. The van der Waals surface area contributed by atoms with Crippen LogP contribution in [0.15, 0.2) is 0 Å². The van der Waals surface area contributed by atoms with E-state index in [9.17, 15) is 14.7 Å². The Balaban J connectivity index is 4.32. The summed E-state index contributed by atoms with van der Waals surface area (Å²) in [7, 11) is 0. The van der Waals surface area contributed by atoms with Crippen molar-refractivity contribution >= 4 is 11.9 Å². The molecule has 0 aliphatic rings. The Kier molecular flexibility index (Phi) is 23.2. The van der Waals surface area contributed by atoms with E-state index in [0.29, 0.717) is 6.54 Å². The third-order valence-corrected chi connectivity index (χ3v) is 6.73. The quantitative estimate of drug-likeness (QED) is 0.125. The van der Waals surface area contributed by atoms with Crippen molar-refractivity contribution in [2.24, 2.45) is 0 Å². The number of carbonyl (C=O) groups is 2. The Morgan fingerprint density at radius 3 is 1.42 bits per heavy atom. The van der Waals surface area contributed by atoms with Gasteiger partial charge in [0.05, 0.1) is 12.8 Å². The van der Waals surface area contributed by atoms with Crippen molar-refractivity contribution < 1.29 is 19.8 Å². The van der Waals surface area contributed by atoms with Crippen LogP contribution in [0.1, 0.15) is 149 Å². The van der Waals surface area contributed by atoms with E-state index >= 15 is 0 Å². The van der Waals surface area contributed by atoms with Crippen molar-refractivity contribution in [3.8, 4) is 0 Å². The lowest BCUT2D eigenvalue weighted by Gasteiger charge is -2.30. The van der Waals surface area contributed by atoms with E-state index in [1.165, 1.54) is 89.9 Å². The van der Waals surface area contributed by atoms with Gasteiger partial charge < -0.3 is 10.2 Å². The summed E-state index contributed by atoms with van der Waals surface area (Å²) in [5.41, 5.74) is 0. The maximum Gasteiger partial charge on any atom is 0.304 e. The number of hydrogen-bond acceptors (Lipinski definition) is 3. The molecule has 0 spiro atoms. The van der Waals surface area contributed by atoms with E-state index in [0.717, 1.165) is 38.6 Å². The molecule has 0 saturated heterocycles. The van der Waals surface area contributed by atoms with E-state index in [1.54, 1.807) is 0 Å². The van der Waals surface area contributed by atoms with Gasteiger partial charge in [-0.1, -0.05) is 123 Å². The van der Waals surface area contributed by atoms with Gasteiger partial charge in [0, 0.05) is 12.6 Å². The van der Waals surface area contributed by atoms with Crippen LogP contribution in [0.25, 0.3) is 0 Å². The zero-order valence-corrected chi connectivity index (χ0v) is 22.0. The predicted molar refractivity (Wildman–Crippen MR) is 139 cm³/mol. The second kappa shape index (κ2) is 24.0. The van der Waals surface area contributed by atoms with Gasteiger partial charge in [-0.15, -0.1) is 0 Å². The molecule has 0 aromatic heterocycles. The second-order valence-electron chi connectivity index (χ2n) is 9.88. The van der Waals surface area contributed by atoms with Crippen LogP contribution in [-0.4, -0.2) is 46.2 Å². The molecule has 5 heteroatoms. The minimum atomic E-state index is -0.802. The minimum Gasteiger partial charge on any atom is -0.481 e. The molecule has 1 atom stereocenters. The van der Waals surface area contributed by atoms with Gasteiger partial charge in [-0.25, -0.2) is 0 Å². The number of carboxylic acids is 2. The Labute approximate surface area is 204 Å². The summed E-state index contributed by atoms with van der Waals surface area (Å²) in [6.45, 7) is 5.76. The van der Waals surface area contributed by atoms with Crippen LogP contribution in [-0.2, 0) is 9.59 Å². The fraction of sp³-hybridized carbons (Fsp3) is 0.929. The zero-order valence-electron chi connectivity index (χ0n) is 22.0. The molecule has 0 radical (unpaired) electrons. The first-order valence-electron chi connectivity index (χ1n) is 14.2. The summed E-state index contributed by atoms with van der Waals surface area (Å²) in [5.74, 6) is -1.58. The summed E-state index contributed by atoms with van der Waals surface area (Å²) in [5, 5.41) is 18.6.